The second kappa shape index (κ2) is 12.6. The lowest BCUT2D eigenvalue weighted by Gasteiger charge is -2.31. The van der Waals surface area contributed by atoms with Gasteiger partial charge >= 0.3 is 0 Å². The van der Waals surface area contributed by atoms with Gasteiger partial charge in [-0.3, -0.25) is 0 Å². The van der Waals surface area contributed by atoms with Gasteiger partial charge in [0.2, 0.25) is 0 Å². The number of hydrogen-bond donors (Lipinski definition) is 0. The van der Waals surface area contributed by atoms with Crippen molar-refractivity contribution in [1.29, 1.82) is 0 Å². The molecule has 2 atom stereocenters. The van der Waals surface area contributed by atoms with Crippen molar-refractivity contribution in [1.82, 2.24) is 0 Å². The standard InChI is InChI=1S/C31H40F2S/c1-6-7-28-18-24(5)31(34-28)19-23(4)21(2)8-9-22(3)27-15-12-25(13-16-27)10-11-26-14-17-29(32)30(33)20-26/h10-11,14,17-22,25,27H,4-9,12-13,15-16H2,1-3H3/b11-10+,31-19+. The first-order valence-electron chi connectivity index (χ1n) is 12.9. The molecule has 3 rings (SSSR count). The molecule has 0 amide bonds. The van der Waals surface area contributed by atoms with E-state index in [1.165, 1.54) is 72.1 Å². The fraction of sp³-hybridized carbons (Fsp3) is 0.484. The third kappa shape index (κ3) is 7.50. The summed E-state index contributed by atoms with van der Waals surface area (Å²) in [7, 11) is 0. The Morgan fingerprint density at radius 1 is 1.09 bits per heavy atom. The van der Waals surface area contributed by atoms with Crippen LogP contribution in [0.4, 0.5) is 8.78 Å². The van der Waals surface area contributed by atoms with Gasteiger partial charge in [0.1, 0.15) is 0 Å². The molecule has 0 aliphatic heterocycles. The Bertz CT molecular complexity index is 1090. The summed E-state index contributed by atoms with van der Waals surface area (Å²) in [6, 6.07) is 6.33. The van der Waals surface area contributed by atoms with Gasteiger partial charge in [0.15, 0.2) is 11.6 Å². The molecule has 0 saturated heterocycles. The summed E-state index contributed by atoms with van der Waals surface area (Å²) >= 11 is 1.86. The number of thiophene rings is 1. The minimum absolute atomic E-state index is 0.481. The molecule has 0 N–H and O–H groups in total. The molecule has 3 heteroatoms. The number of hydrogen-bond acceptors (Lipinski definition) is 1. The summed E-state index contributed by atoms with van der Waals surface area (Å²) in [5, 5.41) is 1.13. The highest BCUT2D eigenvalue weighted by atomic mass is 32.1. The van der Waals surface area contributed by atoms with Crippen molar-refractivity contribution in [2.75, 3.05) is 0 Å². The molecule has 184 valence electrons. The highest BCUT2D eigenvalue weighted by molar-refractivity contribution is 7.09. The lowest BCUT2D eigenvalue weighted by molar-refractivity contribution is 0.220. The molecular weight excluding hydrogens is 442 g/mol. The van der Waals surface area contributed by atoms with E-state index in [2.05, 4.69) is 52.1 Å². The van der Waals surface area contributed by atoms with E-state index in [4.69, 9.17) is 0 Å². The van der Waals surface area contributed by atoms with Crippen molar-refractivity contribution < 1.29 is 8.78 Å². The number of benzene rings is 1. The van der Waals surface area contributed by atoms with Crippen LogP contribution in [0.25, 0.3) is 18.7 Å². The van der Waals surface area contributed by atoms with Crippen LogP contribution in [-0.4, -0.2) is 0 Å². The number of rotatable bonds is 10. The van der Waals surface area contributed by atoms with Crippen molar-refractivity contribution in [3.05, 3.63) is 74.3 Å². The van der Waals surface area contributed by atoms with Gasteiger partial charge in [0, 0.05) is 9.41 Å². The Morgan fingerprint density at radius 2 is 1.82 bits per heavy atom. The highest BCUT2D eigenvalue weighted by Crippen LogP contribution is 2.37. The van der Waals surface area contributed by atoms with Crippen LogP contribution in [0.2, 0.25) is 0 Å². The minimum atomic E-state index is -0.790. The van der Waals surface area contributed by atoms with Crippen LogP contribution in [0, 0.1) is 35.3 Å². The summed E-state index contributed by atoms with van der Waals surface area (Å²) in [6.07, 6.45) is 15.9. The number of halogens is 2. The SMILES string of the molecule is C=C(/C=c1/sc(CCC)cc1=C)C(C)CCC(C)C1CCC(/C=C/c2ccc(F)c(F)c2)CC1. The molecule has 2 aromatic rings. The molecule has 1 aliphatic carbocycles. The van der Waals surface area contributed by atoms with Crippen molar-refractivity contribution in [3.63, 3.8) is 0 Å². The predicted molar refractivity (Wildman–Crippen MR) is 145 cm³/mol. The third-order valence-electron chi connectivity index (χ3n) is 7.52. The summed E-state index contributed by atoms with van der Waals surface area (Å²) in [4.78, 5) is 1.42. The first-order valence-corrected chi connectivity index (χ1v) is 13.7. The Balaban J connectivity index is 1.44. The third-order valence-corrected chi connectivity index (χ3v) is 8.70. The molecule has 0 nitrogen and oxygen atoms in total. The summed E-state index contributed by atoms with van der Waals surface area (Å²) in [5.74, 6) is 0.934. The number of aryl methyl sites for hydroxylation is 1. The topological polar surface area (TPSA) is 0 Å². The monoisotopic (exact) mass is 482 g/mol. The molecule has 1 aromatic heterocycles. The molecular formula is C31H40F2S. The second-order valence-electron chi connectivity index (χ2n) is 10.2. The van der Waals surface area contributed by atoms with E-state index >= 15 is 0 Å². The van der Waals surface area contributed by atoms with Crippen LogP contribution < -0.4 is 9.75 Å². The minimum Gasteiger partial charge on any atom is -0.204 e. The van der Waals surface area contributed by atoms with Gasteiger partial charge in [-0.2, -0.15) is 0 Å². The van der Waals surface area contributed by atoms with Gasteiger partial charge < -0.3 is 0 Å². The van der Waals surface area contributed by atoms with Gasteiger partial charge in [-0.25, -0.2) is 8.78 Å². The molecule has 1 fully saturated rings. The Labute approximate surface area is 208 Å². The van der Waals surface area contributed by atoms with Crippen molar-refractivity contribution in [3.8, 4) is 0 Å². The molecule has 1 aliphatic rings. The predicted octanol–water partition coefficient (Wildman–Crippen LogP) is 8.30. The van der Waals surface area contributed by atoms with Gasteiger partial charge in [0.25, 0.3) is 0 Å². The normalized spacial score (nSPS) is 21.1. The maximum atomic E-state index is 13.4. The molecule has 0 bridgehead atoms. The second-order valence-corrected chi connectivity index (χ2v) is 11.4. The summed E-state index contributed by atoms with van der Waals surface area (Å²) < 4.78 is 27.8. The first-order chi connectivity index (χ1) is 16.3. The maximum Gasteiger partial charge on any atom is 0.159 e. The van der Waals surface area contributed by atoms with E-state index in [1.54, 1.807) is 6.07 Å². The van der Waals surface area contributed by atoms with Gasteiger partial charge in [0.05, 0.1) is 0 Å². The molecule has 34 heavy (non-hydrogen) atoms. The quantitative estimate of drug-likeness (QED) is 0.319. The van der Waals surface area contributed by atoms with E-state index in [0.29, 0.717) is 17.8 Å². The van der Waals surface area contributed by atoms with Crippen LogP contribution in [0.5, 0.6) is 0 Å². The molecule has 1 aromatic carbocycles. The molecule has 0 spiro atoms. The molecule has 1 heterocycles. The maximum absolute atomic E-state index is 13.4. The largest absolute Gasteiger partial charge is 0.204 e. The van der Waals surface area contributed by atoms with Crippen LogP contribution in [0.3, 0.4) is 0 Å². The highest BCUT2D eigenvalue weighted by Gasteiger charge is 2.24. The van der Waals surface area contributed by atoms with Crippen LogP contribution in [0.15, 0.2) is 42.5 Å². The Hall–Kier alpha value is -2.00. The zero-order chi connectivity index (χ0) is 24.7. The van der Waals surface area contributed by atoms with E-state index in [-0.39, 0.29) is 0 Å². The van der Waals surface area contributed by atoms with E-state index in [9.17, 15) is 8.78 Å². The smallest absolute Gasteiger partial charge is 0.159 e. The lowest BCUT2D eigenvalue weighted by atomic mass is 9.74. The average Bonchev–Trinajstić information content (AvgIpc) is 3.17. The Morgan fingerprint density at radius 3 is 2.50 bits per heavy atom. The molecule has 0 radical (unpaired) electrons. The zero-order valence-electron chi connectivity index (χ0n) is 21.1. The molecule has 1 saturated carbocycles. The Kier molecular flexibility index (Phi) is 9.88. The van der Waals surface area contributed by atoms with Gasteiger partial charge in [-0.15, -0.1) is 11.3 Å². The van der Waals surface area contributed by atoms with E-state index in [0.717, 1.165) is 23.1 Å². The van der Waals surface area contributed by atoms with Crippen molar-refractivity contribution >= 4 is 30.1 Å². The van der Waals surface area contributed by atoms with E-state index < -0.39 is 11.6 Å². The molecule has 2 unspecified atom stereocenters. The van der Waals surface area contributed by atoms with Crippen LogP contribution in [0.1, 0.15) is 76.2 Å². The zero-order valence-corrected chi connectivity index (χ0v) is 21.9. The summed E-state index contributed by atoms with van der Waals surface area (Å²) in [6.45, 7) is 15.5. The fourth-order valence-corrected chi connectivity index (χ4v) is 6.20. The lowest BCUT2D eigenvalue weighted by Crippen LogP contribution is -2.20. The average molecular weight is 483 g/mol. The first kappa shape index (κ1) is 26.6. The van der Waals surface area contributed by atoms with Crippen LogP contribution >= 0.6 is 11.3 Å². The van der Waals surface area contributed by atoms with Gasteiger partial charge in [-0.1, -0.05) is 64.1 Å². The van der Waals surface area contributed by atoms with E-state index in [1.807, 2.05) is 17.4 Å². The summed E-state index contributed by atoms with van der Waals surface area (Å²) in [5.41, 5.74) is 1.95. The van der Waals surface area contributed by atoms with Crippen molar-refractivity contribution in [2.45, 2.75) is 72.1 Å². The fourth-order valence-electron chi connectivity index (χ4n) is 5.01. The number of allylic oxidation sites excluding steroid dienone is 2. The van der Waals surface area contributed by atoms with Crippen molar-refractivity contribution in [2.24, 2.45) is 23.7 Å². The van der Waals surface area contributed by atoms with Gasteiger partial charge in [-0.05, 0) is 104 Å². The van der Waals surface area contributed by atoms with Crippen LogP contribution in [-0.2, 0) is 6.42 Å².